The molecule has 4 rings (SSSR count). The van der Waals surface area contributed by atoms with E-state index in [0.717, 1.165) is 46.2 Å². The summed E-state index contributed by atoms with van der Waals surface area (Å²) in [7, 11) is 1.65. The van der Waals surface area contributed by atoms with Gasteiger partial charge in [-0.1, -0.05) is 13.3 Å². The fourth-order valence-corrected chi connectivity index (χ4v) is 4.26. The molecule has 0 aliphatic carbocycles. The van der Waals surface area contributed by atoms with E-state index >= 15 is 0 Å². The number of ether oxygens (including phenoxy) is 1. The van der Waals surface area contributed by atoms with Crippen LogP contribution in [0.3, 0.4) is 0 Å². The van der Waals surface area contributed by atoms with Gasteiger partial charge in [-0.2, -0.15) is 0 Å². The molecule has 31 heavy (non-hydrogen) atoms. The van der Waals surface area contributed by atoms with Gasteiger partial charge in [0.2, 0.25) is 5.88 Å². The molecule has 7 heteroatoms. The van der Waals surface area contributed by atoms with Gasteiger partial charge in [0.05, 0.1) is 30.3 Å². The number of benzene rings is 1. The van der Waals surface area contributed by atoms with Gasteiger partial charge >= 0.3 is 0 Å². The molecule has 0 atom stereocenters. The third kappa shape index (κ3) is 4.27. The van der Waals surface area contributed by atoms with Crippen molar-refractivity contribution in [3.63, 3.8) is 0 Å². The lowest BCUT2D eigenvalue weighted by Crippen LogP contribution is -2.24. The second-order valence-electron chi connectivity index (χ2n) is 7.19. The molecule has 0 fully saturated rings. The fraction of sp³-hybridized carbons (Fsp3) is 0.250. The molecule has 3 aromatic heterocycles. The zero-order valence-electron chi connectivity index (χ0n) is 17.8. The molecule has 0 saturated carbocycles. The van der Waals surface area contributed by atoms with Crippen LogP contribution in [-0.2, 0) is 0 Å². The Kier molecular flexibility index (Phi) is 6.23. The molecule has 0 spiro atoms. The van der Waals surface area contributed by atoms with Crippen molar-refractivity contribution in [2.45, 2.75) is 26.7 Å². The molecule has 4 aromatic rings. The van der Waals surface area contributed by atoms with Gasteiger partial charge in [-0.25, -0.2) is 4.98 Å². The molecule has 0 radical (unpaired) electrons. The van der Waals surface area contributed by atoms with Crippen LogP contribution in [-0.4, -0.2) is 29.1 Å². The van der Waals surface area contributed by atoms with E-state index in [1.165, 1.54) is 0 Å². The maximum absolute atomic E-state index is 12.8. The minimum atomic E-state index is -0.0805. The van der Waals surface area contributed by atoms with Crippen LogP contribution in [0.1, 0.15) is 35.8 Å². The highest BCUT2D eigenvalue weighted by Crippen LogP contribution is 2.34. The third-order valence-electron chi connectivity index (χ3n) is 5.14. The lowest BCUT2D eigenvalue weighted by molar-refractivity contribution is 0.0952. The number of hydrogen-bond donors (Lipinski definition) is 1. The number of thiazole rings is 1. The van der Waals surface area contributed by atoms with Crippen LogP contribution in [0.25, 0.3) is 27.8 Å². The lowest BCUT2D eigenvalue weighted by Gasteiger charge is -2.08. The summed E-state index contributed by atoms with van der Waals surface area (Å²) in [5, 5.41) is 5.91. The topological polar surface area (TPSA) is 69.3 Å². The van der Waals surface area contributed by atoms with Crippen LogP contribution in [0.2, 0.25) is 0 Å². The number of nitrogens with zero attached hydrogens (tertiary/aromatic N) is 2. The maximum atomic E-state index is 12.8. The lowest BCUT2D eigenvalue weighted by atomic mass is 10.2. The van der Waals surface area contributed by atoms with Gasteiger partial charge in [-0.05, 0) is 49.7 Å². The van der Waals surface area contributed by atoms with Crippen LogP contribution in [0, 0.1) is 6.92 Å². The van der Waals surface area contributed by atoms with Gasteiger partial charge in [0.15, 0.2) is 0 Å². The Labute approximate surface area is 185 Å². The number of rotatable bonds is 8. The largest absolute Gasteiger partial charge is 0.497 e. The Morgan fingerprint density at radius 2 is 2.06 bits per heavy atom. The van der Waals surface area contributed by atoms with Crippen molar-refractivity contribution in [3.8, 4) is 33.6 Å². The first kappa shape index (κ1) is 20.9. The van der Waals surface area contributed by atoms with Crippen LogP contribution in [0.15, 0.2) is 58.5 Å². The van der Waals surface area contributed by atoms with Crippen molar-refractivity contribution in [1.29, 1.82) is 0 Å². The predicted octanol–water partition coefficient (Wildman–Crippen LogP) is 5.71. The van der Waals surface area contributed by atoms with Gasteiger partial charge in [0, 0.05) is 29.2 Å². The predicted molar refractivity (Wildman–Crippen MR) is 123 cm³/mol. The van der Waals surface area contributed by atoms with Gasteiger partial charge in [-0.3, -0.25) is 9.36 Å². The summed E-state index contributed by atoms with van der Waals surface area (Å²) in [5.74, 6) is 1.38. The fourth-order valence-electron chi connectivity index (χ4n) is 3.44. The SMILES string of the molecule is CCCCNC(=O)c1cc(-c2csc(-c3ccc(OC)cc3)n2)n(-c2ccco2)c1C. The van der Waals surface area contributed by atoms with E-state index in [9.17, 15) is 4.79 Å². The number of carbonyl (C=O) groups is 1. The van der Waals surface area contributed by atoms with Crippen molar-refractivity contribution in [2.75, 3.05) is 13.7 Å². The second kappa shape index (κ2) is 9.22. The molecule has 0 unspecified atom stereocenters. The highest BCUT2D eigenvalue weighted by molar-refractivity contribution is 7.13. The second-order valence-corrected chi connectivity index (χ2v) is 8.05. The Morgan fingerprint density at radius 1 is 1.26 bits per heavy atom. The summed E-state index contributed by atoms with van der Waals surface area (Å²) in [6, 6.07) is 13.4. The van der Waals surface area contributed by atoms with Gasteiger partial charge in [0.25, 0.3) is 5.91 Å². The molecule has 1 N–H and O–H groups in total. The molecule has 0 aliphatic heterocycles. The number of hydrogen-bond acceptors (Lipinski definition) is 5. The smallest absolute Gasteiger partial charge is 0.253 e. The molecule has 1 aromatic carbocycles. The number of unbranched alkanes of at least 4 members (excludes halogenated alkanes) is 1. The zero-order valence-corrected chi connectivity index (χ0v) is 18.7. The van der Waals surface area contributed by atoms with Gasteiger partial charge < -0.3 is 14.5 Å². The number of furan rings is 1. The highest BCUT2D eigenvalue weighted by atomic mass is 32.1. The summed E-state index contributed by atoms with van der Waals surface area (Å²) in [6.45, 7) is 4.69. The van der Waals surface area contributed by atoms with Crippen molar-refractivity contribution in [1.82, 2.24) is 14.9 Å². The monoisotopic (exact) mass is 435 g/mol. The number of methoxy groups -OCH3 is 1. The molecule has 0 aliphatic rings. The van der Waals surface area contributed by atoms with Crippen molar-refractivity contribution in [3.05, 3.63) is 65.4 Å². The average molecular weight is 436 g/mol. The molecule has 3 heterocycles. The highest BCUT2D eigenvalue weighted by Gasteiger charge is 2.22. The van der Waals surface area contributed by atoms with Crippen molar-refractivity contribution in [2.24, 2.45) is 0 Å². The van der Waals surface area contributed by atoms with Gasteiger partial charge in [0.1, 0.15) is 10.8 Å². The first-order valence-electron chi connectivity index (χ1n) is 10.3. The summed E-state index contributed by atoms with van der Waals surface area (Å²) in [6.07, 6.45) is 3.61. The van der Waals surface area contributed by atoms with Crippen molar-refractivity contribution < 1.29 is 13.9 Å². The summed E-state index contributed by atoms with van der Waals surface area (Å²) < 4.78 is 12.9. The van der Waals surface area contributed by atoms with E-state index in [0.29, 0.717) is 18.0 Å². The molecule has 0 saturated heterocycles. The minimum absolute atomic E-state index is 0.0805. The first-order chi connectivity index (χ1) is 15.1. The quantitative estimate of drug-likeness (QED) is 0.360. The van der Waals surface area contributed by atoms with Crippen LogP contribution >= 0.6 is 11.3 Å². The standard InChI is InChI=1S/C24H25N3O3S/c1-4-5-12-25-23(28)19-14-21(27(16(19)2)22-7-6-13-30-22)20-15-31-24(26-20)17-8-10-18(29-3)11-9-17/h6-11,13-15H,4-5,12H2,1-3H3,(H,25,28). The molecule has 0 bridgehead atoms. The minimum Gasteiger partial charge on any atom is -0.497 e. The zero-order chi connectivity index (χ0) is 21.8. The normalized spacial score (nSPS) is 10.9. The number of aromatic nitrogens is 2. The molecule has 6 nitrogen and oxygen atoms in total. The van der Waals surface area contributed by atoms with E-state index < -0.39 is 0 Å². The maximum Gasteiger partial charge on any atom is 0.253 e. The summed E-state index contributed by atoms with van der Waals surface area (Å²) in [4.78, 5) is 17.7. The Morgan fingerprint density at radius 3 is 2.74 bits per heavy atom. The van der Waals surface area contributed by atoms with E-state index in [4.69, 9.17) is 14.1 Å². The summed E-state index contributed by atoms with van der Waals surface area (Å²) >= 11 is 1.56. The van der Waals surface area contributed by atoms with Crippen molar-refractivity contribution >= 4 is 17.2 Å². The van der Waals surface area contributed by atoms with Crippen LogP contribution in [0.4, 0.5) is 0 Å². The number of nitrogens with one attached hydrogen (secondary N) is 1. The van der Waals surface area contributed by atoms with E-state index in [-0.39, 0.29) is 5.91 Å². The van der Waals surface area contributed by atoms with Crippen LogP contribution < -0.4 is 10.1 Å². The Balaban J connectivity index is 1.73. The molecular formula is C24H25N3O3S. The summed E-state index contributed by atoms with van der Waals surface area (Å²) in [5.41, 5.74) is 4.08. The third-order valence-corrected chi connectivity index (χ3v) is 6.03. The van der Waals surface area contributed by atoms with E-state index in [2.05, 4.69) is 12.2 Å². The van der Waals surface area contributed by atoms with E-state index in [1.807, 2.05) is 59.3 Å². The molecule has 160 valence electrons. The molecular weight excluding hydrogens is 410 g/mol. The Hall–Kier alpha value is -3.32. The Bertz CT molecular complexity index is 1160. The first-order valence-corrected chi connectivity index (χ1v) is 11.1. The van der Waals surface area contributed by atoms with Crippen LogP contribution in [0.5, 0.6) is 5.75 Å². The van der Waals surface area contributed by atoms with Gasteiger partial charge in [-0.15, -0.1) is 11.3 Å². The van der Waals surface area contributed by atoms with E-state index in [1.54, 1.807) is 24.7 Å². The average Bonchev–Trinajstić information content (AvgIpc) is 3.53. The molecule has 1 amide bonds. The number of amides is 1. The number of carbonyl (C=O) groups excluding carboxylic acids is 1.